The van der Waals surface area contributed by atoms with Crippen LogP contribution in [-0.4, -0.2) is 26.7 Å². The van der Waals surface area contributed by atoms with E-state index in [-0.39, 0.29) is 0 Å². The Morgan fingerprint density at radius 3 is 2.78 bits per heavy atom. The summed E-state index contributed by atoms with van der Waals surface area (Å²) in [6.45, 7) is 7.11. The molecule has 0 aliphatic rings. The lowest BCUT2D eigenvalue weighted by Gasteiger charge is -2.11. The van der Waals surface area contributed by atoms with Crippen LogP contribution in [0.15, 0.2) is 35.8 Å². The fourth-order valence-electron chi connectivity index (χ4n) is 1.63. The molecule has 1 aromatic rings. The van der Waals surface area contributed by atoms with Gasteiger partial charge in [0.2, 0.25) is 0 Å². The zero-order chi connectivity index (χ0) is 13.4. The van der Waals surface area contributed by atoms with Gasteiger partial charge in [-0.3, -0.25) is 4.99 Å². The first-order chi connectivity index (χ1) is 8.71. The Labute approximate surface area is 109 Å². The second kappa shape index (κ2) is 7.37. The molecule has 0 saturated carbocycles. The molecule has 2 N–H and O–H groups in total. The number of aryl methyl sites for hydroxylation is 1. The quantitative estimate of drug-likeness (QED) is 0.474. The van der Waals surface area contributed by atoms with Gasteiger partial charge in [-0.1, -0.05) is 18.2 Å². The third-order valence-electron chi connectivity index (χ3n) is 2.56. The van der Waals surface area contributed by atoms with E-state index in [0.29, 0.717) is 6.54 Å². The number of hydrogen-bond acceptors (Lipinski definition) is 2. The lowest BCUT2D eigenvalue weighted by molar-refractivity contribution is 0.411. The molecule has 0 fully saturated rings. The molecule has 0 atom stereocenters. The number of benzene rings is 1. The number of nitrogens with zero attached hydrogens (tertiary/aromatic N) is 1. The molecular formula is C14H21N3O. The smallest absolute Gasteiger partial charge is 0.191 e. The zero-order valence-corrected chi connectivity index (χ0v) is 11.3. The third-order valence-corrected chi connectivity index (χ3v) is 2.56. The highest BCUT2D eigenvalue weighted by Gasteiger charge is 2.01. The van der Waals surface area contributed by atoms with Crippen molar-refractivity contribution in [2.45, 2.75) is 13.5 Å². The summed E-state index contributed by atoms with van der Waals surface area (Å²) in [5.41, 5.74) is 2.32. The highest BCUT2D eigenvalue weighted by Crippen LogP contribution is 2.18. The molecule has 0 aromatic heterocycles. The predicted molar refractivity (Wildman–Crippen MR) is 76.1 cm³/mol. The van der Waals surface area contributed by atoms with E-state index in [1.54, 1.807) is 20.2 Å². The van der Waals surface area contributed by atoms with E-state index in [9.17, 15) is 0 Å². The number of guanidine groups is 1. The summed E-state index contributed by atoms with van der Waals surface area (Å²) in [5, 5.41) is 6.36. The Morgan fingerprint density at radius 1 is 1.44 bits per heavy atom. The molecule has 0 bridgehead atoms. The monoisotopic (exact) mass is 247 g/mol. The molecule has 1 rings (SSSR count). The second-order valence-corrected chi connectivity index (χ2v) is 3.90. The lowest BCUT2D eigenvalue weighted by Crippen LogP contribution is -2.36. The largest absolute Gasteiger partial charge is 0.496 e. The van der Waals surface area contributed by atoms with Gasteiger partial charge in [-0.2, -0.15) is 0 Å². The first kappa shape index (κ1) is 14.1. The number of methoxy groups -OCH3 is 1. The van der Waals surface area contributed by atoms with Gasteiger partial charge in [0.05, 0.1) is 7.11 Å². The van der Waals surface area contributed by atoms with Crippen molar-refractivity contribution in [2.75, 3.05) is 20.7 Å². The summed E-state index contributed by atoms with van der Waals surface area (Å²) in [7, 11) is 3.43. The van der Waals surface area contributed by atoms with E-state index in [0.717, 1.165) is 23.8 Å². The van der Waals surface area contributed by atoms with Gasteiger partial charge in [0, 0.05) is 20.1 Å². The standard InChI is InChI=1S/C14H21N3O/c1-5-8-16-14(15-3)17-10-12-6-7-13(18-4)11(2)9-12/h5-7,9H,1,8,10H2,2-4H3,(H2,15,16,17). The minimum atomic E-state index is 0.696. The van der Waals surface area contributed by atoms with Crippen LogP contribution in [0.3, 0.4) is 0 Å². The summed E-state index contributed by atoms with van der Waals surface area (Å²) in [6.07, 6.45) is 1.80. The molecule has 98 valence electrons. The maximum absolute atomic E-state index is 5.23. The normalized spacial score (nSPS) is 10.9. The summed E-state index contributed by atoms with van der Waals surface area (Å²) in [4.78, 5) is 4.12. The Hall–Kier alpha value is -1.97. The minimum Gasteiger partial charge on any atom is -0.496 e. The van der Waals surface area contributed by atoms with Crippen LogP contribution in [0, 0.1) is 6.92 Å². The molecule has 0 spiro atoms. The van der Waals surface area contributed by atoms with E-state index >= 15 is 0 Å². The average molecular weight is 247 g/mol. The average Bonchev–Trinajstić information content (AvgIpc) is 2.39. The van der Waals surface area contributed by atoms with Gasteiger partial charge >= 0.3 is 0 Å². The topological polar surface area (TPSA) is 45.7 Å². The molecule has 0 unspecified atom stereocenters. The number of nitrogens with one attached hydrogen (secondary N) is 2. The molecule has 0 saturated heterocycles. The van der Waals surface area contributed by atoms with Crippen LogP contribution >= 0.6 is 0 Å². The fourth-order valence-corrected chi connectivity index (χ4v) is 1.63. The van der Waals surface area contributed by atoms with Gasteiger partial charge in [-0.25, -0.2) is 0 Å². The summed E-state index contributed by atoms with van der Waals surface area (Å²) >= 11 is 0. The molecule has 1 aromatic carbocycles. The van der Waals surface area contributed by atoms with E-state index in [1.807, 2.05) is 19.1 Å². The molecule has 18 heavy (non-hydrogen) atoms. The van der Waals surface area contributed by atoms with Crippen LogP contribution < -0.4 is 15.4 Å². The molecule has 0 amide bonds. The van der Waals surface area contributed by atoms with Crippen molar-refractivity contribution in [2.24, 2.45) is 4.99 Å². The second-order valence-electron chi connectivity index (χ2n) is 3.90. The number of hydrogen-bond donors (Lipinski definition) is 2. The van der Waals surface area contributed by atoms with Crippen LogP contribution in [0.25, 0.3) is 0 Å². The van der Waals surface area contributed by atoms with Crippen molar-refractivity contribution in [3.63, 3.8) is 0 Å². The number of aliphatic imine (C=N–C) groups is 1. The maximum Gasteiger partial charge on any atom is 0.191 e. The summed E-state index contributed by atoms with van der Waals surface area (Å²) in [5.74, 6) is 1.68. The van der Waals surface area contributed by atoms with E-state index in [2.05, 4.69) is 28.3 Å². The van der Waals surface area contributed by atoms with Gasteiger partial charge in [0.15, 0.2) is 5.96 Å². The molecule has 0 aliphatic heterocycles. The van der Waals surface area contributed by atoms with Gasteiger partial charge in [-0.05, 0) is 24.1 Å². The fraction of sp³-hybridized carbons (Fsp3) is 0.357. The minimum absolute atomic E-state index is 0.696. The van der Waals surface area contributed by atoms with Crippen LogP contribution in [0.5, 0.6) is 5.75 Å². The Morgan fingerprint density at radius 2 is 2.22 bits per heavy atom. The zero-order valence-electron chi connectivity index (χ0n) is 11.3. The molecule has 0 heterocycles. The van der Waals surface area contributed by atoms with Gasteiger partial charge in [0.1, 0.15) is 5.75 Å². The van der Waals surface area contributed by atoms with Crippen molar-refractivity contribution in [1.82, 2.24) is 10.6 Å². The van der Waals surface area contributed by atoms with Crippen LogP contribution in [-0.2, 0) is 6.54 Å². The summed E-state index contributed by atoms with van der Waals surface area (Å²) in [6, 6.07) is 6.12. The van der Waals surface area contributed by atoms with Gasteiger partial charge in [-0.15, -0.1) is 6.58 Å². The van der Waals surface area contributed by atoms with Crippen molar-refractivity contribution < 1.29 is 4.74 Å². The number of rotatable bonds is 5. The van der Waals surface area contributed by atoms with Gasteiger partial charge in [0.25, 0.3) is 0 Å². The van der Waals surface area contributed by atoms with E-state index < -0.39 is 0 Å². The van der Waals surface area contributed by atoms with Crippen molar-refractivity contribution in [1.29, 1.82) is 0 Å². The van der Waals surface area contributed by atoms with Crippen molar-refractivity contribution >= 4 is 5.96 Å². The predicted octanol–water partition coefficient (Wildman–Crippen LogP) is 1.85. The molecule has 0 aliphatic carbocycles. The Kier molecular flexibility index (Phi) is 5.77. The molecule has 4 nitrogen and oxygen atoms in total. The highest BCUT2D eigenvalue weighted by atomic mass is 16.5. The molecule has 0 radical (unpaired) electrons. The maximum atomic E-state index is 5.23. The molecule has 4 heteroatoms. The first-order valence-corrected chi connectivity index (χ1v) is 5.90. The van der Waals surface area contributed by atoms with Gasteiger partial charge < -0.3 is 15.4 Å². The Bertz CT molecular complexity index is 427. The van der Waals surface area contributed by atoms with Crippen molar-refractivity contribution in [3.05, 3.63) is 42.0 Å². The van der Waals surface area contributed by atoms with Crippen LogP contribution in [0.1, 0.15) is 11.1 Å². The lowest BCUT2D eigenvalue weighted by atomic mass is 10.1. The summed E-state index contributed by atoms with van der Waals surface area (Å²) < 4.78 is 5.23. The van der Waals surface area contributed by atoms with E-state index in [4.69, 9.17) is 4.74 Å². The SMILES string of the molecule is C=CCNC(=NC)NCc1ccc(OC)c(C)c1. The first-order valence-electron chi connectivity index (χ1n) is 5.90. The highest BCUT2D eigenvalue weighted by molar-refractivity contribution is 5.79. The van der Waals surface area contributed by atoms with Crippen LogP contribution in [0.4, 0.5) is 0 Å². The van der Waals surface area contributed by atoms with Crippen LogP contribution in [0.2, 0.25) is 0 Å². The number of ether oxygens (including phenoxy) is 1. The van der Waals surface area contributed by atoms with Crippen molar-refractivity contribution in [3.8, 4) is 5.75 Å². The Balaban J connectivity index is 2.57. The van der Waals surface area contributed by atoms with E-state index in [1.165, 1.54) is 5.56 Å². The molecular weight excluding hydrogens is 226 g/mol. The third kappa shape index (κ3) is 4.13.